The second kappa shape index (κ2) is 8.94. The number of aromatic nitrogens is 1. The molecule has 0 bridgehead atoms. The zero-order chi connectivity index (χ0) is 18.2. The Morgan fingerprint density at radius 1 is 1.12 bits per heavy atom. The number of phenols is 1. The summed E-state index contributed by atoms with van der Waals surface area (Å²) in [5, 5.41) is 9.53. The molecule has 128 valence electrons. The van der Waals surface area contributed by atoms with Gasteiger partial charge in [-0.05, 0) is 63.5 Å². The molecule has 0 aliphatic rings. The molecule has 0 atom stereocenters. The number of ketones is 2. The van der Waals surface area contributed by atoms with Crippen LogP contribution in [0.3, 0.4) is 0 Å². The highest BCUT2D eigenvalue weighted by molar-refractivity contribution is 9.10. The van der Waals surface area contributed by atoms with Crippen LogP contribution in [-0.2, 0) is 9.59 Å². The Labute approximate surface area is 153 Å². The van der Waals surface area contributed by atoms with Gasteiger partial charge in [-0.1, -0.05) is 12.1 Å². The van der Waals surface area contributed by atoms with Gasteiger partial charge in [0.25, 0.3) is 0 Å². The van der Waals surface area contributed by atoms with E-state index in [0.717, 1.165) is 10.0 Å². The topological polar surface area (TPSA) is 76.5 Å². The van der Waals surface area contributed by atoms with Crippen LogP contribution in [0.25, 0.3) is 12.2 Å². The lowest BCUT2D eigenvalue weighted by molar-refractivity contribution is -0.121. The van der Waals surface area contributed by atoms with E-state index in [1.807, 2.05) is 6.07 Å². The number of ether oxygens (including phenoxy) is 1. The number of pyridine rings is 1. The summed E-state index contributed by atoms with van der Waals surface area (Å²) in [4.78, 5) is 27.7. The maximum atomic E-state index is 11.9. The molecule has 6 heteroatoms. The molecular formula is C19H16BrNO4. The Morgan fingerprint density at radius 3 is 2.44 bits per heavy atom. The zero-order valence-electron chi connectivity index (χ0n) is 13.5. The average molecular weight is 402 g/mol. The number of phenolic OH excluding ortho intramolecular Hbond substituents is 1. The van der Waals surface area contributed by atoms with Crippen molar-refractivity contribution in [3.8, 4) is 11.5 Å². The first-order valence-electron chi connectivity index (χ1n) is 7.37. The monoisotopic (exact) mass is 401 g/mol. The number of nitrogens with zero attached hydrogens (tertiary/aromatic N) is 1. The third kappa shape index (κ3) is 6.00. The number of carbonyl (C=O) groups is 2. The number of allylic oxidation sites excluding steroid dienone is 2. The van der Waals surface area contributed by atoms with Crippen LogP contribution in [0.1, 0.15) is 17.5 Å². The van der Waals surface area contributed by atoms with E-state index in [9.17, 15) is 14.7 Å². The third-order valence-electron chi connectivity index (χ3n) is 3.20. The highest BCUT2D eigenvalue weighted by Gasteiger charge is 2.05. The van der Waals surface area contributed by atoms with Crippen molar-refractivity contribution >= 4 is 39.6 Å². The molecule has 0 amide bonds. The predicted octanol–water partition coefficient (Wildman–Crippen LogP) is 3.81. The fourth-order valence-corrected chi connectivity index (χ4v) is 2.37. The molecule has 1 heterocycles. The molecule has 25 heavy (non-hydrogen) atoms. The number of rotatable bonds is 7. The number of hydrogen-bond donors (Lipinski definition) is 1. The second-order valence-electron chi connectivity index (χ2n) is 5.14. The molecule has 1 aromatic heterocycles. The van der Waals surface area contributed by atoms with Crippen molar-refractivity contribution in [2.24, 2.45) is 0 Å². The summed E-state index contributed by atoms with van der Waals surface area (Å²) in [7, 11) is 1.44. The first-order valence-corrected chi connectivity index (χ1v) is 8.16. The van der Waals surface area contributed by atoms with Crippen LogP contribution in [0.4, 0.5) is 0 Å². The number of hydrogen-bond acceptors (Lipinski definition) is 5. The molecule has 0 aliphatic heterocycles. The zero-order valence-corrected chi connectivity index (χ0v) is 15.1. The van der Waals surface area contributed by atoms with Gasteiger partial charge in [0.1, 0.15) is 0 Å². The van der Waals surface area contributed by atoms with Crippen LogP contribution in [0.15, 0.2) is 53.3 Å². The predicted molar refractivity (Wildman–Crippen MR) is 99.3 cm³/mol. The summed E-state index contributed by atoms with van der Waals surface area (Å²) >= 11 is 3.30. The van der Waals surface area contributed by atoms with E-state index in [1.165, 1.54) is 25.3 Å². The van der Waals surface area contributed by atoms with Gasteiger partial charge in [0.2, 0.25) is 0 Å². The SMILES string of the molecule is COc1cc(/C=C/C(=O)CC(=O)/C=C/c2cncc(Br)c2)ccc1O. The lowest BCUT2D eigenvalue weighted by atomic mass is 10.1. The van der Waals surface area contributed by atoms with Gasteiger partial charge in [-0.25, -0.2) is 0 Å². The summed E-state index contributed by atoms with van der Waals surface area (Å²) in [6.45, 7) is 0. The average Bonchev–Trinajstić information content (AvgIpc) is 2.59. The van der Waals surface area contributed by atoms with Crippen LogP contribution >= 0.6 is 15.9 Å². The van der Waals surface area contributed by atoms with Crippen molar-refractivity contribution in [3.63, 3.8) is 0 Å². The normalized spacial score (nSPS) is 11.1. The van der Waals surface area contributed by atoms with Gasteiger partial charge in [0.05, 0.1) is 13.5 Å². The molecule has 1 aromatic carbocycles. The van der Waals surface area contributed by atoms with Crippen LogP contribution in [-0.4, -0.2) is 28.8 Å². The van der Waals surface area contributed by atoms with Gasteiger partial charge in [-0.3, -0.25) is 14.6 Å². The smallest absolute Gasteiger partial charge is 0.163 e. The number of aromatic hydroxyl groups is 1. The van der Waals surface area contributed by atoms with Crippen molar-refractivity contribution in [1.82, 2.24) is 4.98 Å². The first-order chi connectivity index (χ1) is 12.0. The Balaban J connectivity index is 1.94. The van der Waals surface area contributed by atoms with Crippen molar-refractivity contribution in [1.29, 1.82) is 0 Å². The first kappa shape index (κ1) is 18.6. The minimum Gasteiger partial charge on any atom is -0.504 e. The molecule has 0 saturated carbocycles. The summed E-state index contributed by atoms with van der Waals surface area (Å²) in [5.41, 5.74) is 1.45. The van der Waals surface area contributed by atoms with Crippen molar-refractivity contribution in [3.05, 3.63) is 64.4 Å². The van der Waals surface area contributed by atoms with Crippen molar-refractivity contribution < 1.29 is 19.4 Å². The number of halogens is 1. The number of carbonyl (C=O) groups excluding carboxylic acids is 2. The highest BCUT2D eigenvalue weighted by atomic mass is 79.9. The van der Waals surface area contributed by atoms with E-state index in [4.69, 9.17) is 4.74 Å². The Morgan fingerprint density at radius 2 is 1.80 bits per heavy atom. The summed E-state index contributed by atoms with van der Waals surface area (Å²) in [5.74, 6) is -0.267. The summed E-state index contributed by atoms with van der Waals surface area (Å²) in [6.07, 6.45) is 8.92. The van der Waals surface area contributed by atoms with E-state index in [1.54, 1.807) is 36.7 Å². The van der Waals surface area contributed by atoms with Gasteiger partial charge < -0.3 is 9.84 Å². The van der Waals surface area contributed by atoms with Gasteiger partial charge in [0, 0.05) is 16.9 Å². The molecule has 0 fully saturated rings. The van der Waals surface area contributed by atoms with Crippen LogP contribution in [0, 0.1) is 0 Å². The molecule has 0 saturated heterocycles. The minimum atomic E-state index is -0.311. The van der Waals surface area contributed by atoms with E-state index >= 15 is 0 Å². The Hall–Kier alpha value is -2.73. The molecule has 2 aromatic rings. The highest BCUT2D eigenvalue weighted by Crippen LogP contribution is 2.26. The largest absolute Gasteiger partial charge is 0.504 e. The van der Waals surface area contributed by atoms with Crippen LogP contribution < -0.4 is 4.74 Å². The Bertz CT molecular complexity index is 843. The van der Waals surface area contributed by atoms with Gasteiger partial charge in [-0.2, -0.15) is 0 Å². The third-order valence-corrected chi connectivity index (χ3v) is 3.64. The van der Waals surface area contributed by atoms with Gasteiger partial charge in [-0.15, -0.1) is 0 Å². The second-order valence-corrected chi connectivity index (χ2v) is 6.06. The number of methoxy groups -OCH3 is 1. The quantitative estimate of drug-likeness (QED) is 0.563. The van der Waals surface area contributed by atoms with Crippen molar-refractivity contribution in [2.45, 2.75) is 6.42 Å². The molecule has 0 unspecified atom stereocenters. The lowest BCUT2D eigenvalue weighted by Crippen LogP contribution is -2.01. The van der Waals surface area contributed by atoms with E-state index in [0.29, 0.717) is 11.3 Å². The fraction of sp³-hybridized carbons (Fsp3) is 0.105. The molecule has 0 aliphatic carbocycles. The molecule has 5 nitrogen and oxygen atoms in total. The summed E-state index contributed by atoms with van der Waals surface area (Å²) in [6, 6.07) is 6.53. The molecule has 2 rings (SSSR count). The summed E-state index contributed by atoms with van der Waals surface area (Å²) < 4.78 is 5.81. The van der Waals surface area contributed by atoms with E-state index in [-0.39, 0.29) is 23.7 Å². The lowest BCUT2D eigenvalue weighted by Gasteiger charge is -2.03. The maximum absolute atomic E-state index is 11.9. The van der Waals surface area contributed by atoms with Crippen LogP contribution in [0.5, 0.6) is 11.5 Å². The van der Waals surface area contributed by atoms with Gasteiger partial charge >= 0.3 is 0 Å². The van der Waals surface area contributed by atoms with E-state index in [2.05, 4.69) is 20.9 Å². The van der Waals surface area contributed by atoms with Crippen LogP contribution in [0.2, 0.25) is 0 Å². The number of benzene rings is 1. The molecule has 0 spiro atoms. The molecule has 0 radical (unpaired) electrons. The minimum absolute atomic E-state index is 0.0216. The Kier molecular flexibility index (Phi) is 6.65. The van der Waals surface area contributed by atoms with Crippen molar-refractivity contribution in [2.75, 3.05) is 7.11 Å². The van der Waals surface area contributed by atoms with Gasteiger partial charge in [0.15, 0.2) is 23.1 Å². The molecule has 1 N–H and O–H groups in total. The van der Waals surface area contributed by atoms with E-state index < -0.39 is 0 Å². The standard InChI is InChI=1S/C19H16BrNO4/c1-25-19-9-13(4-7-18(19)24)2-5-16(22)10-17(23)6-3-14-8-15(20)12-21-11-14/h2-9,11-12,24H,10H2,1H3/b5-2+,6-3+. The fourth-order valence-electron chi connectivity index (χ4n) is 1.99. The maximum Gasteiger partial charge on any atom is 0.163 e. The molecular weight excluding hydrogens is 386 g/mol.